The molecule has 1 atom stereocenters. The predicted octanol–water partition coefficient (Wildman–Crippen LogP) is 1.92. The van der Waals surface area contributed by atoms with E-state index in [9.17, 15) is 13.2 Å². The van der Waals surface area contributed by atoms with Gasteiger partial charge in [0.2, 0.25) is 10.0 Å². The molecule has 1 heterocycles. The van der Waals surface area contributed by atoms with E-state index in [1.54, 1.807) is 5.38 Å². The van der Waals surface area contributed by atoms with Crippen molar-refractivity contribution in [2.75, 3.05) is 0 Å². The predicted molar refractivity (Wildman–Crippen MR) is 70.1 cm³/mol. The molecule has 0 aliphatic carbocycles. The summed E-state index contributed by atoms with van der Waals surface area (Å²) in [4.78, 5) is 11.2. The summed E-state index contributed by atoms with van der Waals surface area (Å²) >= 11 is 1.25. The number of thiophene rings is 1. The van der Waals surface area contributed by atoms with Gasteiger partial charge < -0.3 is 5.11 Å². The minimum atomic E-state index is -3.75. The average Bonchev–Trinajstić information content (AvgIpc) is 2.66. The van der Waals surface area contributed by atoms with E-state index in [1.165, 1.54) is 22.8 Å². The maximum atomic E-state index is 11.9. The van der Waals surface area contributed by atoms with Crippen LogP contribution in [0.4, 0.5) is 0 Å². The van der Waals surface area contributed by atoms with Crippen LogP contribution in [0.3, 0.4) is 0 Å². The Bertz CT molecular complexity index is 500. The van der Waals surface area contributed by atoms with Crippen molar-refractivity contribution in [2.45, 2.75) is 38.1 Å². The third-order valence-corrected chi connectivity index (χ3v) is 4.52. The molecule has 2 N–H and O–H groups in total. The maximum Gasteiger partial charge on any atom is 0.321 e. The molecule has 0 spiro atoms. The van der Waals surface area contributed by atoms with Crippen molar-refractivity contribution in [1.82, 2.24) is 4.72 Å². The third-order valence-electron chi connectivity index (χ3n) is 2.22. The van der Waals surface area contributed by atoms with Gasteiger partial charge in [-0.2, -0.15) is 16.1 Å². The smallest absolute Gasteiger partial charge is 0.321 e. The first kappa shape index (κ1) is 15.1. The Kier molecular flexibility index (Phi) is 4.52. The highest BCUT2D eigenvalue weighted by molar-refractivity contribution is 7.89. The highest BCUT2D eigenvalue weighted by atomic mass is 32.2. The molecule has 18 heavy (non-hydrogen) atoms. The van der Waals surface area contributed by atoms with E-state index in [2.05, 4.69) is 4.72 Å². The summed E-state index contributed by atoms with van der Waals surface area (Å²) in [5, 5.41) is 12.2. The molecule has 0 saturated heterocycles. The van der Waals surface area contributed by atoms with E-state index in [-0.39, 0.29) is 16.7 Å². The molecule has 7 heteroatoms. The van der Waals surface area contributed by atoms with Gasteiger partial charge in [0.25, 0.3) is 0 Å². The zero-order valence-electron chi connectivity index (χ0n) is 10.5. The fraction of sp³-hybridized carbons (Fsp3) is 0.545. The van der Waals surface area contributed by atoms with Gasteiger partial charge in [0.05, 0.1) is 4.90 Å². The fourth-order valence-corrected chi connectivity index (χ4v) is 3.67. The van der Waals surface area contributed by atoms with Crippen molar-refractivity contribution in [3.63, 3.8) is 0 Å². The monoisotopic (exact) mass is 291 g/mol. The van der Waals surface area contributed by atoms with E-state index >= 15 is 0 Å². The Hall–Kier alpha value is -0.920. The first-order valence-electron chi connectivity index (χ1n) is 5.39. The maximum absolute atomic E-state index is 11.9. The third kappa shape index (κ3) is 4.40. The van der Waals surface area contributed by atoms with Gasteiger partial charge in [-0.05, 0) is 23.3 Å². The minimum absolute atomic E-state index is 0.104. The summed E-state index contributed by atoms with van der Waals surface area (Å²) < 4.78 is 26.1. The minimum Gasteiger partial charge on any atom is -0.480 e. The summed E-state index contributed by atoms with van der Waals surface area (Å²) in [5.74, 6) is -1.16. The molecule has 0 aliphatic rings. The van der Waals surface area contributed by atoms with Crippen molar-refractivity contribution in [3.05, 3.63) is 16.8 Å². The summed E-state index contributed by atoms with van der Waals surface area (Å²) in [6.07, 6.45) is 0.228. The van der Waals surface area contributed by atoms with Crippen LogP contribution in [0, 0.1) is 5.41 Å². The molecule has 1 rings (SSSR count). The van der Waals surface area contributed by atoms with Crippen molar-refractivity contribution in [3.8, 4) is 0 Å². The van der Waals surface area contributed by atoms with Crippen molar-refractivity contribution >= 4 is 27.3 Å². The van der Waals surface area contributed by atoms with Crippen LogP contribution in [0.25, 0.3) is 0 Å². The first-order chi connectivity index (χ1) is 8.12. The van der Waals surface area contributed by atoms with Crippen molar-refractivity contribution < 1.29 is 18.3 Å². The van der Waals surface area contributed by atoms with Gasteiger partial charge in [0.1, 0.15) is 6.04 Å². The lowest BCUT2D eigenvalue weighted by Gasteiger charge is -2.23. The summed E-state index contributed by atoms with van der Waals surface area (Å²) in [7, 11) is -3.75. The average molecular weight is 291 g/mol. The fourth-order valence-electron chi connectivity index (χ4n) is 1.45. The number of rotatable bonds is 5. The molecule has 1 aromatic rings. The zero-order valence-corrected chi connectivity index (χ0v) is 12.1. The lowest BCUT2D eigenvalue weighted by Crippen LogP contribution is -2.42. The van der Waals surface area contributed by atoms with E-state index in [1.807, 2.05) is 20.8 Å². The topological polar surface area (TPSA) is 83.5 Å². The van der Waals surface area contributed by atoms with Gasteiger partial charge in [-0.15, -0.1) is 0 Å². The Morgan fingerprint density at radius 2 is 2.11 bits per heavy atom. The molecule has 5 nitrogen and oxygen atoms in total. The summed E-state index contributed by atoms with van der Waals surface area (Å²) in [6.45, 7) is 5.59. The van der Waals surface area contributed by atoms with Crippen LogP contribution >= 0.6 is 11.3 Å². The molecule has 0 bridgehead atoms. The summed E-state index contributed by atoms with van der Waals surface area (Å²) in [5.41, 5.74) is -0.278. The zero-order chi connectivity index (χ0) is 14.0. The second kappa shape index (κ2) is 5.38. The van der Waals surface area contributed by atoms with E-state index in [0.29, 0.717) is 0 Å². The van der Waals surface area contributed by atoms with Crippen LogP contribution in [-0.4, -0.2) is 25.5 Å². The van der Waals surface area contributed by atoms with E-state index < -0.39 is 22.0 Å². The van der Waals surface area contributed by atoms with Crippen LogP contribution in [0.5, 0.6) is 0 Å². The lowest BCUT2D eigenvalue weighted by atomic mass is 9.88. The standard InChI is InChI=1S/C11H17NO4S2/c1-11(2,3)6-9(10(13)14)12-18(15,16)8-4-5-17-7-8/h4-5,7,9,12H,6H2,1-3H3,(H,13,14)/t9-/m0/s1. The van der Waals surface area contributed by atoms with E-state index in [0.717, 1.165) is 0 Å². The summed E-state index contributed by atoms with van der Waals surface area (Å²) in [6, 6.07) is 0.332. The number of hydrogen-bond donors (Lipinski definition) is 2. The van der Waals surface area contributed by atoms with Crippen molar-refractivity contribution in [2.24, 2.45) is 5.41 Å². The van der Waals surface area contributed by atoms with Crippen molar-refractivity contribution in [1.29, 1.82) is 0 Å². The lowest BCUT2D eigenvalue weighted by molar-refractivity contribution is -0.139. The van der Waals surface area contributed by atoms with Gasteiger partial charge in [0.15, 0.2) is 0 Å². The highest BCUT2D eigenvalue weighted by Gasteiger charge is 2.29. The normalized spacial score (nSPS) is 14.4. The van der Waals surface area contributed by atoms with Crippen LogP contribution < -0.4 is 4.72 Å². The van der Waals surface area contributed by atoms with Crippen LogP contribution in [-0.2, 0) is 14.8 Å². The SMILES string of the molecule is CC(C)(C)C[C@H](NS(=O)(=O)c1ccsc1)C(=O)O. The molecular formula is C11H17NO4S2. The van der Waals surface area contributed by atoms with E-state index in [4.69, 9.17) is 5.11 Å². The Labute approximate surface area is 111 Å². The number of carboxylic acid groups (broad SMARTS) is 1. The Balaban J connectivity index is 2.89. The molecule has 102 valence electrons. The molecule has 0 aliphatic heterocycles. The van der Waals surface area contributed by atoms with Gasteiger partial charge in [-0.25, -0.2) is 8.42 Å². The molecule has 0 unspecified atom stereocenters. The first-order valence-corrected chi connectivity index (χ1v) is 7.82. The quantitative estimate of drug-likeness (QED) is 0.868. The number of carbonyl (C=O) groups is 1. The molecule has 0 amide bonds. The molecular weight excluding hydrogens is 274 g/mol. The van der Waals surface area contributed by atoms with Crippen LogP contribution in [0.2, 0.25) is 0 Å². The Morgan fingerprint density at radius 3 is 2.50 bits per heavy atom. The number of aliphatic carboxylic acids is 1. The largest absolute Gasteiger partial charge is 0.480 e. The molecule has 0 aromatic carbocycles. The molecule has 1 aromatic heterocycles. The number of nitrogens with one attached hydrogen (secondary N) is 1. The molecule has 0 saturated carbocycles. The second-order valence-corrected chi connectivity index (χ2v) is 7.73. The number of carboxylic acids is 1. The number of sulfonamides is 1. The van der Waals surface area contributed by atoms with Gasteiger partial charge in [-0.3, -0.25) is 4.79 Å². The molecule has 0 radical (unpaired) electrons. The second-order valence-electron chi connectivity index (χ2n) is 5.24. The Morgan fingerprint density at radius 1 is 1.50 bits per heavy atom. The molecule has 0 fully saturated rings. The van der Waals surface area contributed by atoms with Gasteiger partial charge in [-0.1, -0.05) is 20.8 Å². The van der Waals surface area contributed by atoms with Gasteiger partial charge in [0, 0.05) is 5.38 Å². The van der Waals surface area contributed by atoms with Gasteiger partial charge >= 0.3 is 5.97 Å². The number of hydrogen-bond acceptors (Lipinski definition) is 4. The van der Waals surface area contributed by atoms with Crippen LogP contribution in [0.15, 0.2) is 21.7 Å². The van der Waals surface area contributed by atoms with Crippen LogP contribution in [0.1, 0.15) is 27.2 Å². The highest BCUT2D eigenvalue weighted by Crippen LogP contribution is 2.22.